The van der Waals surface area contributed by atoms with Crippen molar-refractivity contribution in [3.05, 3.63) is 64.7 Å². The number of hydrogen-bond acceptors (Lipinski definition) is 1. The molecular formula is C17H16ClF3N2O. The SMILES string of the molecule is CCN(Cc1ccccc1)C(=O)Nc1cc(C(F)(F)F)ccc1Cl. The molecule has 1 N–H and O–H groups in total. The Morgan fingerprint density at radius 2 is 1.83 bits per heavy atom. The van der Waals surface area contributed by atoms with Gasteiger partial charge in [0.05, 0.1) is 16.3 Å². The highest BCUT2D eigenvalue weighted by Gasteiger charge is 2.31. The Labute approximate surface area is 143 Å². The molecule has 0 aliphatic carbocycles. The molecule has 3 nitrogen and oxygen atoms in total. The Morgan fingerprint density at radius 1 is 1.17 bits per heavy atom. The van der Waals surface area contributed by atoms with E-state index in [2.05, 4.69) is 5.32 Å². The number of amides is 2. The van der Waals surface area contributed by atoms with Crippen LogP contribution in [0.2, 0.25) is 5.02 Å². The largest absolute Gasteiger partial charge is 0.416 e. The maximum Gasteiger partial charge on any atom is 0.416 e. The van der Waals surface area contributed by atoms with Gasteiger partial charge in [0.1, 0.15) is 0 Å². The normalized spacial score (nSPS) is 11.2. The molecule has 0 fully saturated rings. The quantitative estimate of drug-likeness (QED) is 0.780. The van der Waals surface area contributed by atoms with Gasteiger partial charge in [0.15, 0.2) is 0 Å². The first-order valence-electron chi connectivity index (χ1n) is 7.28. The first kappa shape index (κ1) is 18.1. The lowest BCUT2D eigenvalue weighted by Crippen LogP contribution is -2.34. The van der Waals surface area contributed by atoms with Gasteiger partial charge in [0.25, 0.3) is 0 Å². The summed E-state index contributed by atoms with van der Waals surface area (Å²) >= 11 is 5.90. The van der Waals surface area contributed by atoms with E-state index in [4.69, 9.17) is 11.6 Å². The minimum absolute atomic E-state index is 0.0483. The van der Waals surface area contributed by atoms with E-state index in [1.54, 1.807) is 6.92 Å². The summed E-state index contributed by atoms with van der Waals surface area (Å²) in [7, 11) is 0. The Hall–Kier alpha value is -2.21. The fourth-order valence-corrected chi connectivity index (χ4v) is 2.29. The number of rotatable bonds is 4. The van der Waals surface area contributed by atoms with Gasteiger partial charge in [-0.3, -0.25) is 0 Å². The van der Waals surface area contributed by atoms with Crippen LogP contribution in [0.1, 0.15) is 18.1 Å². The monoisotopic (exact) mass is 356 g/mol. The van der Waals surface area contributed by atoms with Gasteiger partial charge in [0, 0.05) is 13.1 Å². The minimum atomic E-state index is -4.50. The lowest BCUT2D eigenvalue weighted by atomic mass is 10.2. The number of urea groups is 1. The van der Waals surface area contributed by atoms with Gasteiger partial charge < -0.3 is 10.2 Å². The predicted octanol–water partition coefficient (Wildman–Crippen LogP) is 5.41. The molecule has 24 heavy (non-hydrogen) atoms. The number of halogens is 4. The lowest BCUT2D eigenvalue weighted by molar-refractivity contribution is -0.137. The van der Waals surface area contributed by atoms with Crippen molar-refractivity contribution in [2.75, 3.05) is 11.9 Å². The number of nitrogens with one attached hydrogen (secondary N) is 1. The van der Waals surface area contributed by atoms with Crippen molar-refractivity contribution in [3.8, 4) is 0 Å². The third-order valence-electron chi connectivity index (χ3n) is 3.42. The molecule has 0 radical (unpaired) electrons. The molecule has 2 rings (SSSR count). The van der Waals surface area contributed by atoms with Crippen LogP contribution in [0.15, 0.2) is 48.5 Å². The van der Waals surface area contributed by atoms with E-state index in [1.807, 2.05) is 30.3 Å². The fourth-order valence-electron chi connectivity index (χ4n) is 2.12. The summed E-state index contributed by atoms with van der Waals surface area (Å²) in [6.45, 7) is 2.54. The molecule has 2 aromatic carbocycles. The van der Waals surface area contributed by atoms with Crippen LogP contribution in [0.3, 0.4) is 0 Å². The molecule has 128 valence electrons. The van der Waals surface area contributed by atoms with Gasteiger partial charge in [-0.25, -0.2) is 4.79 Å². The molecule has 7 heteroatoms. The number of anilines is 1. The maximum atomic E-state index is 12.8. The first-order valence-corrected chi connectivity index (χ1v) is 7.65. The third kappa shape index (κ3) is 4.64. The van der Waals surface area contributed by atoms with Crippen molar-refractivity contribution in [3.63, 3.8) is 0 Å². The zero-order valence-corrected chi connectivity index (χ0v) is 13.7. The molecule has 0 aromatic heterocycles. The van der Waals surface area contributed by atoms with Crippen molar-refractivity contribution in [1.29, 1.82) is 0 Å². The Balaban J connectivity index is 2.15. The average molecular weight is 357 g/mol. The second-order valence-electron chi connectivity index (χ2n) is 5.12. The number of nitrogens with zero attached hydrogens (tertiary/aromatic N) is 1. The van der Waals surface area contributed by atoms with Crippen LogP contribution in [0.25, 0.3) is 0 Å². The molecular weight excluding hydrogens is 341 g/mol. The molecule has 0 saturated carbocycles. The predicted molar refractivity (Wildman–Crippen MR) is 88.0 cm³/mol. The van der Waals surface area contributed by atoms with E-state index in [1.165, 1.54) is 4.90 Å². The maximum absolute atomic E-state index is 12.8. The Kier molecular flexibility index (Phi) is 5.72. The summed E-state index contributed by atoms with van der Waals surface area (Å²) in [5.74, 6) is 0. The van der Waals surface area contributed by atoms with Crippen LogP contribution < -0.4 is 5.32 Å². The average Bonchev–Trinajstić information content (AvgIpc) is 2.54. The molecule has 0 heterocycles. The summed E-state index contributed by atoms with van der Waals surface area (Å²) in [6, 6.07) is 11.6. The van der Waals surface area contributed by atoms with Gasteiger partial charge >= 0.3 is 12.2 Å². The van der Waals surface area contributed by atoms with E-state index in [0.717, 1.165) is 23.8 Å². The summed E-state index contributed by atoms with van der Waals surface area (Å²) < 4.78 is 38.3. The van der Waals surface area contributed by atoms with Gasteiger partial charge in [-0.2, -0.15) is 13.2 Å². The summed E-state index contributed by atoms with van der Waals surface area (Å²) in [4.78, 5) is 13.8. The smallest absolute Gasteiger partial charge is 0.320 e. The molecule has 0 spiro atoms. The molecule has 0 aliphatic rings. The number of hydrogen-bond donors (Lipinski definition) is 1. The van der Waals surface area contributed by atoms with Gasteiger partial charge in [0.2, 0.25) is 0 Å². The van der Waals surface area contributed by atoms with E-state index >= 15 is 0 Å². The zero-order valence-electron chi connectivity index (χ0n) is 12.9. The van der Waals surface area contributed by atoms with Gasteiger partial charge in [-0.15, -0.1) is 0 Å². The number of alkyl halides is 3. The highest BCUT2D eigenvalue weighted by Crippen LogP contribution is 2.33. The van der Waals surface area contributed by atoms with E-state index in [-0.39, 0.29) is 10.7 Å². The molecule has 0 unspecified atom stereocenters. The highest BCUT2D eigenvalue weighted by atomic mass is 35.5. The van der Waals surface area contributed by atoms with Crippen LogP contribution in [0, 0.1) is 0 Å². The summed E-state index contributed by atoms with van der Waals surface area (Å²) in [5, 5.41) is 2.50. The van der Waals surface area contributed by atoms with Crippen molar-refractivity contribution in [1.82, 2.24) is 4.90 Å². The highest BCUT2D eigenvalue weighted by molar-refractivity contribution is 6.33. The second-order valence-corrected chi connectivity index (χ2v) is 5.53. The van der Waals surface area contributed by atoms with E-state index in [0.29, 0.717) is 13.1 Å². The van der Waals surface area contributed by atoms with Crippen LogP contribution in [0.5, 0.6) is 0 Å². The number of benzene rings is 2. The molecule has 2 aromatic rings. The summed E-state index contributed by atoms with van der Waals surface area (Å²) in [6.07, 6.45) is -4.50. The molecule has 0 aliphatic heterocycles. The first-order chi connectivity index (χ1) is 11.3. The van der Waals surface area contributed by atoms with Crippen LogP contribution in [-0.2, 0) is 12.7 Å². The minimum Gasteiger partial charge on any atom is -0.320 e. The standard InChI is InChI=1S/C17H16ClF3N2O/c1-2-23(11-12-6-4-3-5-7-12)16(24)22-15-10-13(17(19,20)21)8-9-14(15)18/h3-10H,2,11H2,1H3,(H,22,24). The molecule has 0 atom stereocenters. The van der Waals surface area contributed by atoms with Gasteiger partial charge in [-0.05, 0) is 30.7 Å². The zero-order chi connectivity index (χ0) is 17.7. The summed E-state index contributed by atoms with van der Waals surface area (Å²) in [5.41, 5.74) is -0.0130. The van der Waals surface area contributed by atoms with Crippen LogP contribution in [-0.4, -0.2) is 17.5 Å². The number of carbonyl (C=O) groups excluding carboxylic acids is 1. The van der Waals surface area contributed by atoms with E-state index < -0.39 is 17.8 Å². The van der Waals surface area contributed by atoms with E-state index in [9.17, 15) is 18.0 Å². The molecule has 0 saturated heterocycles. The van der Waals surface area contributed by atoms with Gasteiger partial charge in [-0.1, -0.05) is 41.9 Å². The van der Waals surface area contributed by atoms with Crippen molar-refractivity contribution in [2.24, 2.45) is 0 Å². The van der Waals surface area contributed by atoms with Crippen molar-refractivity contribution >= 4 is 23.3 Å². The fraction of sp³-hybridized carbons (Fsp3) is 0.235. The Bertz CT molecular complexity index is 705. The van der Waals surface area contributed by atoms with Crippen molar-refractivity contribution < 1.29 is 18.0 Å². The van der Waals surface area contributed by atoms with Crippen LogP contribution >= 0.6 is 11.6 Å². The lowest BCUT2D eigenvalue weighted by Gasteiger charge is -2.22. The third-order valence-corrected chi connectivity index (χ3v) is 3.75. The topological polar surface area (TPSA) is 32.3 Å². The Morgan fingerprint density at radius 3 is 2.42 bits per heavy atom. The van der Waals surface area contributed by atoms with Crippen molar-refractivity contribution in [2.45, 2.75) is 19.6 Å². The second kappa shape index (κ2) is 7.57. The molecule has 2 amide bonds. The number of carbonyl (C=O) groups is 1. The molecule has 0 bridgehead atoms. The van der Waals surface area contributed by atoms with Crippen LogP contribution in [0.4, 0.5) is 23.7 Å².